The Labute approximate surface area is 142 Å². The average molecular weight is 326 g/mol. The third kappa shape index (κ3) is 4.35. The third-order valence-electron chi connectivity index (χ3n) is 3.65. The SMILES string of the molecule is COc1ccc(/C=N/NC(=O)c2ccc(C(C)C)cc2)c(OC)c1. The highest BCUT2D eigenvalue weighted by Gasteiger charge is 2.06. The van der Waals surface area contributed by atoms with Crippen molar-refractivity contribution < 1.29 is 14.3 Å². The molecule has 24 heavy (non-hydrogen) atoms. The molecule has 0 saturated carbocycles. The van der Waals surface area contributed by atoms with Crippen molar-refractivity contribution in [3.05, 3.63) is 59.2 Å². The van der Waals surface area contributed by atoms with Crippen molar-refractivity contribution in [2.45, 2.75) is 19.8 Å². The minimum absolute atomic E-state index is 0.256. The van der Waals surface area contributed by atoms with Gasteiger partial charge in [0.2, 0.25) is 0 Å². The number of ether oxygens (including phenoxy) is 2. The number of amides is 1. The van der Waals surface area contributed by atoms with E-state index in [9.17, 15) is 4.79 Å². The summed E-state index contributed by atoms with van der Waals surface area (Å²) in [5.41, 5.74) is 5.02. The van der Waals surface area contributed by atoms with Crippen LogP contribution in [0.5, 0.6) is 11.5 Å². The summed E-state index contributed by atoms with van der Waals surface area (Å²) in [5, 5.41) is 3.99. The number of carbonyl (C=O) groups is 1. The molecule has 5 nitrogen and oxygen atoms in total. The summed E-state index contributed by atoms with van der Waals surface area (Å²) in [6.07, 6.45) is 1.54. The van der Waals surface area contributed by atoms with Gasteiger partial charge in [0.15, 0.2) is 0 Å². The Hall–Kier alpha value is -2.82. The Morgan fingerprint density at radius 1 is 1.08 bits per heavy atom. The van der Waals surface area contributed by atoms with Crippen LogP contribution >= 0.6 is 0 Å². The minimum Gasteiger partial charge on any atom is -0.497 e. The van der Waals surface area contributed by atoms with Gasteiger partial charge in [-0.25, -0.2) is 5.43 Å². The smallest absolute Gasteiger partial charge is 0.271 e. The number of benzene rings is 2. The van der Waals surface area contributed by atoms with E-state index < -0.39 is 0 Å². The van der Waals surface area contributed by atoms with E-state index in [-0.39, 0.29) is 5.91 Å². The molecule has 126 valence electrons. The molecule has 0 saturated heterocycles. The Kier molecular flexibility index (Phi) is 5.95. The van der Waals surface area contributed by atoms with Crippen LogP contribution in [0.4, 0.5) is 0 Å². The van der Waals surface area contributed by atoms with Crippen molar-refractivity contribution in [3.63, 3.8) is 0 Å². The van der Waals surface area contributed by atoms with Gasteiger partial charge in [-0.2, -0.15) is 5.10 Å². The molecule has 1 amide bonds. The molecule has 2 rings (SSSR count). The number of nitrogens with zero attached hydrogens (tertiary/aromatic N) is 1. The first-order valence-corrected chi connectivity index (χ1v) is 7.70. The Balaban J connectivity index is 2.04. The highest BCUT2D eigenvalue weighted by Crippen LogP contribution is 2.23. The molecule has 0 heterocycles. The third-order valence-corrected chi connectivity index (χ3v) is 3.65. The van der Waals surface area contributed by atoms with Crippen LogP contribution in [-0.2, 0) is 0 Å². The summed E-state index contributed by atoms with van der Waals surface area (Å²) in [6.45, 7) is 4.23. The lowest BCUT2D eigenvalue weighted by molar-refractivity contribution is 0.0955. The molecular formula is C19H22N2O3. The second-order valence-corrected chi connectivity index (χ2v) is 5.58. The van der Waals surface area contributed by atoms with Gasteiger partial charge in [-0.15, -0.1) is 0 Å². The quantitative estimate of drug-likeness (QED) is 0.652. The lowest BCUT2D eigenvalue weighted by Crippen LogP contribution is -2.17. The average Bonchev–Trinajstić information content (AvgIpc) is 2.61. The molecule has 0 aromatic heterocycles. The highest BCUT2D eigenvalue weighted by molar-refractivity contribution is 5.95. The molecule has 0 bridgehead atoms. The standard InChI is InChI=1S/C19H22N2O3/c1-13(2)14-5-7-15(8-6-14)19(22)21-20-12-16-9-10-17(23-3)11-18(16)24-4/h5-13H,1-4H3,(H,21,22)/b20-12+. The van der Waals surface area contributed by atoms with Gasteiger partial charge in [-0.1, -0.05) is 26.0 Å². The largest absolute Gasteiger partial charge is 0.497 e. The van der Waals surface area contributed by atoms with E-state index in [1.54, 1.807) is 44.7 Å². The van der Waals surface area contributed by atoms with E-state index in [4.69, 9.17) is 9.47 Å². The first kappa shape index (κ1) is 17.5. The summed E-state index contributed by atoms with van der Waals surface area (Å²) in [7, 11) is 3.16. The van der Waals surface area contributed by atoms with Gasteiger partial charge in [-0.05, 0) is 35.7 Å². The van der Waals surface area contributed by atoms with Crippen molar-refractivity contribution in [3.8, 4) is 11.5 Å². The van der Waals surface area contributed by atoms with Crippen molar-refractivity contribution in [2.24, 2.45) is 5.10 Å². The molecule has 0 aliphatic rings. The fraction of sp³-hybridized carbons (Fsp3) is 0.263. The molecular weight excluding hydrogens is 304 g/mol. The summed E-state index contributed by atoms with van der Waals surface area (Å²) in [4.78, 5) is 12.1. The van der Waals surface area contributed by atoms with Gasteiger partial charge < -0.3 is 9.47 Å². The van der Waals surface area contributed by atoms with E-state index in [2.05, 4.69) is 24.4 Å². The molecule has 0 unspecified atom stereocenters. The second-order valence-electron chi connectivity index (χ2n) is 5.58. The van der Waals surface area contributed by atoms with Gasteiger partial charge in [0.1, 0.15) is 11.5 Å². The maximum atomic E-state index is 12.1. The Morgan fingerprint density at radius 2 is 1.79 bits per heavy atom. The van der Waals surface area contributed by atoms with Crippen molar-refractivity contribution in [1.29, 1.82) is 0 Å². The van der Waals surface area contributed by atoms with Gasteiger partial charge in [-0.3, -0.25) is 4.79 Å². The van der Waals surface area contributed by atoms with Crippen LogP contribution in [0.1, 0.15) is 41.3 Å². The first-order chi connectivity index (χ1) is 11.5. The molecule has 0 aliphatic carbocycles. The molecule has 0 radical (unpaired) electrons. The molecule has 1 N–H and O–H groups in total. The number of hydrogen-bond donors (Lipinski definition) is 1. The van der Waals surface area contributed by atoms with E-state index in [0.29, 0.717) is 23.0 Å². The zero-order valence-corrected chi connectivity index (χ0v) is 14.4. The van der Waals surface area contributed by atoms with Gasteiger partial charge >= 0.3 is 0 Å². The normalized spacial score (nSPS) is 10.9. The predicted molar refractivity (Wildman–Crippen MR) is 95.1 cm³/mol. The monoisotopic (exact) mass is 326 g/mol. The summed E-state index contributed by atoms with van der Waals surface area (Å²) in [5.74, 6) is 1.49. The van der Waals surface area contributed by atoms with Crippen LogP contribution in [0.2, 0.25) is 0 Å². The molecule has 2 aromatic rings. The Bertz CT molecular complexity index is 722. The van der Waals surface area contributed by atoms with Gasteiger partial charge in [0.05, 0.1) is 20.4 Å². The Morgan fingerprint density at radius 3 is 2.38 bits per heavy atom. The first-order valence-electron chi connectivity index (χ1n) is 7.70. The van der Waals surface area contributed by atoms with Crippen molar-refractivity contribution in [1.82, 2.24) is 5.43 Å². The van der Waals surface area contributed by atoms with Gasteiger partial charge in [0, 0.05) is 17.2 Å². The zero-order chi connectivity index (χ0) is 17.5. The molecule has 0 spiro atoms. The number of hydrogen-bond acceptors (Lipinski definition) is 4. The molecule has 2 aromatic carbocycles. The van der Waals surface area contributed by atoms with Crippen LogP contribution in [0, 0.1) is 0 Å². The van der Waals surface area contributed by atoms with E-state index >= 15 is 0 Å². The van der Waals surface area contributed by atoms with Crippen LogP contribution in [0.3, 0.4) is 0 Å². The minimum atomic E-state index is -0.256. The number of methoxy groups -OCH3 is 2. The molecule has 0 aliphatic heterocycles. The maximum Gasteiger partial charge on any atom is 0.271 e. The van der Waals surface area contributed by atoms with Crippen molar-refractivity contribution >= 4 is 12.1 Å². The number of nitrogens with one attached hydrogen (secondary N) is 1. The topological polar surface area (TPSA) is 59.9 Å². The highest BCUT2D eigenvalue weighted by atomic mass is 16.5. The lowest BCUT2D eigenvalue weighted by atomic mass is 10.0. The molecule has 5 heteroatoms. The summed E-state index contributed by atoms with van der Waals surface area (Å²) < 4.78 is 10.4. The fourth-order valence-corrected chi connectivity index (χ4v) is 2.17. The molecule has 0 atom stereocenters. The fourth-order valence-electron chi connectivity index (χ4n) is 2.17. The molecule has 0 fully saturated rings. The van der Waals surface area contributed by atoms with Crippen LogP contribution < -0.4 is 14.9 Å². The van der Waals surface area contributed by atoms with E-state index in [1.165, 1.54) is 5.56 Å². The lowest BCUT2D eigenvalue weighted by Gasteiger charge is -2.07. The number of carbonyl (C=O) groups excluding carboxylic acids is 1. The van der Waals surface area contributed by atoms with Crippen LogP contribution in [-0.4, -0.2) is 26.3 Å². The van der Waals surface area contributed by atoms with E-state index in [0.717, 1.165) is 5.56 Å². The number of hydrazone groups is 1. The van der Waals surface area contributed by atoms with E-state index in [1.807, 2.05) is 18.2 Å². The van der Waals surface area contributed by atoms with Gasteiger partial charge in [0.25, 0.3) is 5.91 Å². The van der Waals surface area contributed by atoms with Crippen LogP contribution in [0.15, 0.2) is 47.6 Å². The predicted octanol–water partition coefficient (Wildman–Crippen LogP) is 3.59. The van der Waals surface area contributed by atoms with Crippen molar-refractivity contribution in [2.75, 3.05) is 14.2 Å². The maximum absolute atomic E-state index is 12.1. The summed E-state index contributed by atoms with van der Waals surface area (Å²) >= 11 is 0. The van der Waals surface area contributed by atoms with Crippen LogP contribution in [0.25, 0.3) is 0 Å². The number of rotatable bonds is 6. The summed E-state index contributed by atoms with van der Waals surface area (Å²) in [6, 6.07) is 12.9. The second kappa shape index (κ2) is 8.15. The zero-order valence-electron chi connectivity index (χ0n) is 14.4.